The van der Waals surface area contributed by atoms with Gasteiger partial charge < -0.3 is 9.73 Å². The lowest BCUT2D eigenvalue weighted by Crippen LogP contribution is -2.12. The molecule has 0 spiro atoms. The van der Waals surface area contributed by atoms with Crippen LogP contribution in [0.2, 0.25) is 0 Å². The van der Waals surface area contributed by atoms with Gasteiger partial charge in [0.15, 0.2) is 11.6 Å². The van der Waals surface area contributed by atoms with Crippen molar-refractivity contribution >= 4 is 11.7 Å². The van der Waals surface area contributed by atoms with Crippen LogP contribution in [0.1, 0.15) is 39.0 Å². The van der Waals surface area contributed by atoms with Crippen LogP contribution in [0.25, 0.3) is 22.8 Å². The lowest BCUT2D eigenvalue weighted by atomic mass is 10.1. The van der Waals surface area contributed by atoms with E-state index < -0.39 is 0 Å². The van der Waals surface area contributed by atoms with Gasteiger partial charge in [-0.05, 0) is 18.6 Å². The SMILES string of the molecule is CCCCCCC(=O)Nc1nc(-c2ccccc2)oc1-c1ccccc1. The number of hydrogen-bond acceptors (Lipinski definition) is 3. The number of carbonyl (C=O) groups excluding carboxylic acids is 1. The average Bonchev–Trinajstić information content (AvgIpc) is 3.10. The van der Waals surface area contributed by atoms with E-state index in [2.05, 4.69) is 17.2 Å². The highest BCUT2D eigenvalue weighted by Gasteiger charge is 2.18. The van der Waals surface area contributed by atoms with E-state index in [0.717, 1.165) is 36.8 Å². The van der Waals surface area contributed by atoms with E-state index >= 15 is 0 Å². The van der Waals surface area contributed by atoms with Gasteiger partial charge in [-0.15, -0.1) is 0 Å². The molecule has 134 valence electrons. The number of carbonyl (C=O) groups is 1. The molecule has 0 aliphatic carbocycles. The number of hydrogen-bond donors (Lipinski definition) is 1. The van der Waals surface area contributed by atoms with Gasteiger partial charge in [0.25, 0.3) is 0 Å². The fourth-order valence-electron chi connectivity index (χ4n) is 2.80. The van der Waals surface area contributed by atoms with Crippen molar-refractivity contribution in [2.45, 2.75) is 39.0 Å². The molecule has 0 fully saturated rings. The summed E-state index contributed by atoms with van der Waals surface area (Å²) in [5.74, 6) is 1.55. The molecule has 3 aromatic rings. The molecular formula is C22H24N2O2. The Labute approximate surface area is 154 Å². The van der Waals surface area contributed by atoms with Crippen LogP contribution < -0.4 is 5.32 Å². The number of unbranched alkanes of at least 4 members (excludes halogenated alkanes) is 3. The average molecular weight is 348 g/mol. The van der Waals surface area contributed by atoms with Crippen LogP contribution >= 0.6 is 0 Å². The van der Waals surface area contributed by atoms with Crippen LogP contribution in [-0.4, -0.2) is 10.9 Å². The van der Waals surface area contributed by atoms with Crippen LogP contribution in [0.5, 0.6) is 0 Å². The Bertz CT molecular complexity index is 826. The molecule has 0 unspecified atom stereocenters. The fraction of sp³-hybridized carbons (Fsp3) is 0.273. The van der Waals surface area contributed by atoms with Gasteiger partial charge in [-0.25, -0.2) is 0 Å². The molecule has 0 saturated carbocycles. The molecule has 0 radical (unpaired) electrons. The third kappa shape index (κ3) is 4.60. The summed E-state index contributed by atoms with van der Waals surface area (Å²) in [5.41, 5.74) is 1.77. The van der Waals surface area contributed by atoms with E-state index in [4.69, 9.17) is 4.42 Å². The van der Waals surface area contributed by atoms with E-state index in [1.165, 1.54) is 0 Å². The van der Waals surface area contributed by atoms with Crippen LogP contribution in [0.15, 0.2) is 65.1 Å². The Morgan fingerprint density at radius 1 is 0.923 bits per heavy atom. The minimum Gasteiger partial charge on any atom is -0.434 e. The van der Waals surface area contributed by atoms with Gasteiger partial charge in [-0.1, -0.05) is 74.7 Å². The standard InChI is InChI=1S/C22H24N2O2/c1-2-3-4-11-16-19(25)23-21-20(17-12-7-5-8-13-17)26-22(24-21)18-14-9-6-10-15-18/h5-10,12-15H,2-4,11,16H2,1H3,(H,23,25). The zero-order valence-corrected chi connectivity index (χ0v) is 15.1. The highest BCUT2D eigenvalue weighted by atomic mass is 16.4. The highest BCUT2D eigenvalue weighted by Crippen LogP contribution is 2.33. The molecular weight excluding hydrogens is 324 g/mol. The zero-order valence-electron chi connectivity index (χ0n) is 15.1. The molecule has 0 aliphatic heterocycles. The van der Waals surface area contributed by atoms with Crippen molar-refractivity contribution < 1.29 is 9.21 Å². The summed E-state index contributed by atoms with van der Waals surface area (Å²) in [6.07, 6.45) is 4.78. The Morgan fingerprint density at radius 3 is 2.23 bits per heavy atom. The fourth-order valence-corrected chi connectivity index (χ4v) is 2.80. The third-order valence-corrected chi connectivity index (χ3v) is 4.20. The Hall–Kier alpha value is -2.88. The summed E-state index contributed by atoms with van der Waals surface area (Å²) in [6.45, 7) is 2.16. The van der Waals surface area contributed by atoms with Crippen LogP contribution in [0.4, 0.5) is 5.82 Å². The molecule has 1 heterocycles. The smallest absolute Gasteiger partial charge is 0.228 e. The first-order valence-corrected chi connectivity index (χ1v) is 9.19. The molecule has 4 nitrogen and oxygen atoms in total. The van der Waals surface area contributed by atoms with E-state index in [-0.39, 0.29) is 5.91 Å². The van der Waals surface area contributed by atoms with Crippen molar-refractivity contribution in [2.75, 3.05) is 5.32 Å². The number of aromatic nitrogens is 1. The molecule has 0 atom stereocenters. The molecule has 0 aliphatic rings. The largest absolute Gasteiger partial charge is 0.434 e. The number of amides is 1. The van der Waals surface area contributed by atoms with Crippen molar-refractivity contribution in [2.24, 2.45) is 0 Å². The van der Waals surface area contributed by atoms with Crippen molar-refractivity contribution in [3.05, 3.63) is 60.7 Å². The third-order valence-electron chi connectivity index (χ3n) is 4.20. The lowest BCUT2D eigenvalue weighted by molar-refractivity contribution is -0.116. The van der Waals surface area contributed by atoms with Gasteiger partial charge in [0.05, 0.1) is 0 Å². The predicted molar refractivity (Wildman–Crippen MR) is 105 cm³/mol. The summed E-state index contributed by atoms with van der Waals surface area (Å²) in [6, 6.07) is 19.4. The second-order valence-corrected chi connectivity index (χ2v) is 6.29. The maximum atomic E-state index is 12.3. The van der Waals surface area contributed by atoms with Crippen LogP contribution in [0.3, 0.4) is 0 Å². The van der Waals surface area contributed by atoms with E-state index in [0.29, 0.717) is 23.9 Å². The molecule has 1 amide bonds. The van der Waals surface area contributed by atoms with E-state index in [9.17, 15) is 4.79 Å². The molecule has 1 aromatic heterocycles. The summed E-state index contributed by atoms with van der Waals surface area (Å²) >= 11 is 0. The summed E-state index contributed by atoms with van der Waals surface area (Å²) < 4.78 is 6.00. The first-order valence-electron chi connectivity index (χ1n) is 9.19. The first-order chi connectivity index (χ1) is 12.8. The molecule has 0 bridgehead atoms. The second-order valence-electron chi connectivity index (χ2n) is 6.29. The molecule has 1 N–H and O–H groups in total. The quantitative estimate of drug-likeness (QED) is 0.514. The molecule has 2 aromatic carbocycles. The Kier molecular flexibility index (Phi) is 6.20. The Morgan fingerprint density at radius 2 is 1.58 bits per heavy atom. The Balaban J connectivity index is 1.83. The van der Waals surface area contributed by atoms with Crippen LogP contribution in [0, 0.1) is 0 Å². The van der Waals surface area contributed by atoms with Crippen LogP contribution in [-0.2, 0) is 4.79 Å². The molecule has 3 rings (SSSR count). The second kappa shape index (κ2) is 8.99. The minimum absolute atomic E-state index is 0.0220. The number of benzene rings is 2. The summed E-state index contributed by atoms with van der Waals surface area (Å²) in [5, 5.41) is 2.93. The van der Waals surface area contributed by atoms with Gasteiger partial charge >= 0.3 is 0 Å². The number of rotatable bonds is 8. The summed E-state index contributed by atoms with van der Waals surface area (Å²) in [4.78, 5) is 16.9. The van der Waals surface area contributed by atoms with Gasteiger partial charge in [0.1, 0.15) is 0 Å². The number of nitrogens with zero attached hydrogens (tertiary/aromatic N) is 1. The topological polar surface area (TPSA) is 55.1 Å². The van der Waals surface area contributed by atoms with Crippen molar-refractivity contribution in [3.63, 3.8) is 0 Å². The lowest BCUT2D eigenvalue weighted by Gasteiger charge is -2.04. The van der Waals surface area contributed by atoms with Gasteiger partial charge in [-0.2, -0.15) is 4.98 Å². The zero-order chi connectivity index (χ0) is 18.2. The van der Waals surface area contributed by atoms with Crippen molar-refractivity contribution in [1.29, 1.82) is 0 Å². The monoisotopic (exact) mass is 348 g/mol. The van der Waals surface area contributed by atoms with Gasteiger partial charge in [0.2, 0.25) is 11.8 Å². The maximum absolute atomic E-state index is 12.3. The molecule has 4 heteroatoms. The minimum atomic E-state index is -0.0220. The van der Waals surface area contributed by atoms with Gasteiger partial charge in [0, 0.05) is 17.5 Å². The number of oxazole rings is 1. The van der Waals surface area contributed by atoms with Crippen molar-refractivity contribution in [3.8, 4) is 22.8 Å². The normalized spacial score (nSPS) is 10.7. The number of nitrogens with one attached hydrogen (secondary N) is 1. The number of anilines is 1. The van der Waals surface area contributed by atoms with Crippen molar-refractivity contribution in [1.82, 2.24) is 4.98 Å². The molecule has 26 heavy (non-hydrogen) atoms. The first kappa shape index (κ1) is 17.9. The van der Waals surface area contributed by atoms with Gasteiger partial charge in [-0.3, -0.25) is 4.79 Å². The maximum Gasteiger partial charge on any atom is 0.228 e. The highest BCUT2D eigenvalue weighted by molar-refractivity contribution is 5.93. The van der Waals surface area contributed by atoms with E-state index in [1.807, 2.05) is 60.7 Å². The predicted octanol–water partition coefficient (Wildman–Crippen LogP) is 5.92. The summed E-state index contributed by atoms with van der Waals surface area (Å²) in [7, 11) is 0. The molecule has 0 saturated heterocycles. The van der Waals surface area contributed by atoms with E-state index in [1.54, 1.807) is 0 Å².